The minimum atomic E-state index is -6.01. The van der Waals surface area contributed by atoms with Gasteiger partial charge in [0, 0.05) is 0 Å². The average molecular weight is 290 g/mol. The van der Waals surface area contributed by atoms with Crippen molar-refractivity contribution < 1.29 is 39.5 Å². The molecule has 0 spiro atoms. The molecule has 0 aromatic carbocycles. The summed E-state index contributed by atoms with van der Waals surface area (Å²) in [7, 11) is 0. The van der Waals surface area contributed by atoms with Crippen LogP contribution in [-0.4, -0.2) is 24.4 Å². The summed E-state index contributed by atoms with van der Waals surface area (Å²) in [5.74, 6) is -15.6. The van der Waals surface area contributed by atoms with E-state index in [1.807, 2.05) is 0 Å². The van der Waals surface area contributed by atoms with Gasteiger partial charge in [-0.1, -0.05) is 19.8 Å². The Morgan fingerprint density at radius 2 is 1.28 bits per heavy atom. The lowest BCUT2D eigenvalue weighted by atomic mass is 9.90. The highest BCUT2D eigenvalue weighted by atomic mass is 19.4. The van der Waals surface area contributed by atoms with Crippen molar-refractivity contribution >= 4 is 0 Å². The van der Waals surface area contributed by atoms with Gasteiger partial charge in [0.05, 0.1) is 0 Å². The second-order valence-corrected chi connectivity index (χ2v) is 3.78. The van der Waals surface area contributed by atoms with Crippen LogP contribution in [-0.2, 0) is 0 Å². The van der Waals surface area contributed by atoms with Gasteiger partial charge in [-0.05, 0) is 6.42 Å². The Kier molecular flexibility index (Phi) is 5.37. The fourth-order valence-electron chi connectivity index (χ4n) is 1.34. The van der Waals surface area contributed by atoms with Crippen LogP contribution in [0.2, 0.25) is 0 Å². The summed E-state index contributed by atoms with van der Waals surface area (Å²) in [5, 5.41) is 0. The van der Waals surface area contributed by atoms with Crippen LogP contribution in [0.25, 0.3) is 0 Å². The molecule has 0 rings (SSSR count). The highest BCUT2D eigenvalue weighted by Gasteiger charge is 2.71. The van der Waals surface area contributed by atoms with Gasteiger partial charge in [0.15, 0.2) is 0 Å². The lowest BCUT2D eigenvalue weighted by Crippen LogP contribution is -2.55. The van der Waals surface area contributed by atoms with Gasteiger partial charge in [-0.25, -0.2) is 8.78 Å². The predicted molar refractivity (Wildman–Crippen MR) is 45.0 cm³/mol. The standard InChI is InChI=1S/C9H11F9/c1-2-3-4-5(9(16,17)18)7(12,13)8(14,15)6(10)11/h5-6H,2-4H2,1H3. The summed E-state index contributed by atoms with van der Waals surface area (Å²) in [5.41, 5.74) is 0. The molecule has 0 heterocycles. The van der Waals surface area contributed by atoms with Crippen LogP contribution >= 0.6 is 0 Å². The van der Waals surface area contributed by atoms with E-state index in [0.717, 1.165) is 0 Å². The fourth-order valence-corrected chi connectivity index (χ4v) is 1.34. The van der Waals surface area contributed by atoms with E-state index in [2.05, 4.69) is 0 Å². The quantitative estimate of drug-likeness (QED) is 0.611. The first kappa shape index (κ1) is 17.4. The smallest absolute Gasteiger partial charge is 0.203 e. The molecule has 0 aromatic rings. The molecule has 0 aliphatic carbocycles. The van der Waals surface area contributed by atoms with Gasteiger partial charge in [-0.2, -0.15) is 30.7 Å². The Labute approximate surface area is 97.1 Å². The molecule has 0 saturated carbocycles. The van der Waals surface area contributed by atoms with Crippen molar-refractivity contribution in [1.29, 1.82) is 0 Å². The number of hydrogen-bond acceptors (Lipinski definition) is 0. The van der Waals surface area contributed by atoms with Gasteiger partial charge in [0.1, 0.15) is 5.92 Å². The van der Waals surface area contributed by atoms with Crippen molar-refractivity contribution in [3.8, 4) is 0 Å². The maximum atomic E-state index is 13.0. The third-order valence-corrected chi connectivity index (χ3v) is 2.40. The maximum absolute atomic E-state index is 13.0. The van der Waals surface area contributed by atoms with Crippen molar-refractivity contribution in [3.05, 3.63) is 0 Å². The summed E-state index contributed by atoms with van der Waals surface area (Å²) in [6, 6.07) is 0. The Balaban J connectivity index is 5.32. The molecule has 18 heavy (non-hydrogen) atoms. The van der Waals surface area contributed by atoms with E-state index >= 15 is 0 Å². The fraction of sp³-hybridized carbons (Fsp3) is 1.00. The van der Waals surface area contributed by atoms with Crippen molar-refractivity contribution in [2.24, 2.45) is 5.92 Å². The number of alkyl halides is 9. The van der Waals surface area contributed by atoms with Gasteiger partial charge < -0.3 is 0 Å². The molecule has 0 N–H and O–H groups in total. The maximum Gasteiger partial charge on any atom is 0.397 e. The third kappa shape index (κ3) is 3.44. The van der Waals surface area contributed by atoms with Crippen molar-refractivity contribution in [2.75, 3.05) is 0 Å². The van der Waals surface area contributed by atoms with E-state index in [4.69, 9.17) is 0 Å². The van der Waals surface area contributed by atoms with Crippen LogP contribution in [0.4, 0.5) is 39.5 Å². The largest absolute Gasteiger partial charge is 0.397 e. The van der Waals surface area contributed by atoms with Gasteiger partial charge in [0.2, 0.25) is 0 Å². The first-order chi connectivity index (χ1) is 7.89. The molecule has 0 fully saturated rings. The topological polar surface area (TPSA) is 0 Å². The summed E-state index contributed by atoms with van der Waals surface area (Å²) >= 11 is 0. The number of rotatable bonds is 6. The van der Waals surface area contributed by atoms with Crippen molar-refractivity contribution in [3.63, 3.8) is 0 Å². The average Bonchev–Trinajstić information content (AvgIpc) is 2.15. The molecular weight excluding hydrogens is 279 g/mol. The van der Waals surface area contributed by atoms with Crippen LogP contribution in [0.5, 0.6) is 0 Å². The Morgan fingerprint density at radius 3 is 1.56 bits per heavy atom. The molecule has 0 aromatic heterocycles. The molecule has 110 valence electrons. The normalized spacial score (nSPS) is 16.2. The lowest BCUT2D eigenvalue weighted by molar-refractivity contribution is -0.331. The molecular formula is C9H11F9. The van der Waals surface area contributed by atoms with Crippen LogP contribution < -0.4 is 0 Å². The van der Waals surface area contributed by atoms with Gasteiger partial charge in [0.25, 0.3) is 0 Å². The zero-order chi connectivity index (χ0) is 14.8. The monoisotopic (exact) mass is 290 g/mol. The molecule has 0 radical (unpaired) electrons. The lowest BCUT2D eigenvalue weighted by Gasteiger charge is -2.33. The zero-order valence-electron chi connectivity index (χ0n) is 9.18. The first-order valence-corrected chi connectivity index (χ1v) is 4.99. The van der Waals surface area contributed by atoms with Crippen LogP contribution in [0.3, 0.4) is 0 Å². The second kappa shape index (κ2) is 5.56. The summed E-state index contributed by atoms with van der Waals surface area (Å²) in [6.07, 6.45) is -12.2. The van der Waals surface area contributed by atoms with E-state index in [1.54, 1.807) is 0 Å². The van der Waals surface area contributed by atoms with Crippen molar-refractivity contribution in [1.82, 2.24) is 0 Å². The Morgan fingerprint density at radius 1 is 0.833 bits per heavy atom. The molecule has 0 amide bonds. The highest BCUT2D eigenvalue weighted by molar-refractivity contribution is 4.95. The molecule has 0 saturated heterocycles. The number of unbranched alkanes of at least 4 members (excludes halogenated alkanes) is 1. The molecule has 9 heteroatoms. The molecule has 0 nitrogen and oxygen atoms in total. The molecule has 0 bridgehead atoms. The second-order valence-electron chi connectivity index (χ2n) is 3.78. The van der Waals surface area contributed by atoms with E-state index in [1.165, 1.54) is 6.92 Å². The van der Waals surface area contributed by atoms with E-state index in [9.17, 15) is 39.5 Å². The zero-order valence-corrected chi connectivity index (χ0v) is 9.18. The Hall–Kier alpha value is -0.630. The number of halogens is 9. The Bertz CT molecular complexity index is 255. The molecule has 1 unspecified atom stereocenters. The van der Waals surface area contributed by atoms with Crippen LogP contribution in [0.1, 0.15) is 26.2 Å². The SMILES string of the molecule is CCCCC(C(F)(F)F)C(F)(F)C(F)(F)C(F)F. The summed E-state index contributed by atoms with van der Waals surface area (Å²) < 4.78 is 111. The molecule has 0 aliphatic heterocycles. The van der Waals surface area contributed by atoms with Crippen LogP contribution in [0, 0.1) is 5.92 Å². The highest BCUT2D eigenvalue weighted by Crippen LogP contribution is 2.51. The minimum Gasteiger partial charge on any atom is -0.203 e. The third-order valence-electron chi connectivity index (χ3n) is 2.40. The van der Waals surface area contributed by atoms with Gasteiger partial charge in [-0.15, -0.1) is 0 Å². The summed E-state index contributed by atoms with van der Waals surface area (Å²) in [6.45, 7) is 1.36. The predicted octanol–water partition coefficient (Wildman–Crippen LogP) is 4.89. The van der Waals surface area contributed by atoms with E-state index < -0.39 is 43.2 Å². The minimum absolute atomic E-state index is 0.0446. The molecule has 0 aliphatic rings. The number of hydrogen-bond donors (Lipinski definition) is 0. The molecule has 1 atom stereocenters. The first-order valence-electron chi connectivity index (χ1n) is 4.99. The van der Waals surface area contributed by atoms with E-state index in [0.29, 0.717) is 0 Å². The van der Waals surface area contributed by atoms with Gasteiger partial charge >= 0.3 is 24.4 Å². The van der Waals surface area contributed by atoms with Crippen molar-refractivity contribution in [2.45, 2.75) is 50.6 Å². The van der Waals surface area contributed by atoms with E-state index in [-0.39, 0.29) is 6.42 Å². The summed E-state index contributed by atoms with van der Waals surface area (Å²) in [4.78, 5) is 0. The van der Waals surface area contributed by atoms with Crippen LogP contribution in [0.15, 0.2) is 0 Å². The van der Waals surface area contributed by atoms with Gasteiger partial charge in [-0.3, -0.25) is 0 Å².